The number of halogens is 1. The van der Waals surface area contributed by atoms with Gasteiger partial charge in [0.1, 0.15) is 10.7 Å². The third kappa shape index (κ3) is 3.08. The van der Waals surface area contributed by atoms with Crippen LogP contribution in [0.4, 0.5) is 4.39 Å². The van der Waals surface area contributed by atoms with Crippen LogP contribution in [0.3, 0.4) is 0 Å². The Labute approximate surface area is 134 Å². The second-order valence-electron chi connectivity index (χ2n) is 5.93. The summed E-state index contributed by atoms with van der Waals surface area (Å²) in [5, 5.41) is 10.3. The summed E-state index contributed by atoms with van der Waals surface area (Å²) in [4.78, 5) is 4.15. The minimum Gasteiger partial charge on any atom is -0.392 e. The molecule has 0 spiro atoms. The Morgan fingerprint density at radius 3 is 2.87 bits per heavy atom. The van der Waals surface area contributed by atoms with E-state index in [0.29, 0.717) is 23.9 Å². The van der Waals surface area contributed by atoms with Crippen molar-refractivity contribution in [3.05, 3.63) is 36.3 Å². The van der Waals surface area contributed by atoms with Crippen LogP contribution in [0.15, 0.2) is 35.4 Å². The van der Waals surface area contributed by atoms with Gasteiger partial charge in [0, 0.05) is 18.1 Å². The van der Waals surface area contributed by atoms with Crippen LogP contribution in [0.1, 0.15) is 26.2 Å². The number of rotatable bonds is 3. The average Bonchev–Trinajstić information content (AvgIpc) is 2.54. The van der Waals surface area contributed by atoms with E-state index in [1.807, 2.05) is 0 Å². The van der Waals surface area contributed by atoms with Crippen LogP contribution in [-0.2, 0) is 10.0 Å². The molecule has 7 heteroatoms. The van der Waals surface area contributed by atoms with Gasteiger partial charge in [0.05, 0.1) is 17.7 Å². The monoisotopic (exact) mass is 338 g/mol. The number of aromatic nitrogens is 1. The number of hydrogen-bond acceptors (Lipinski definition) is 4. The summed E-state index contributed by atoms with van der Waals surface area (Å²) < 4.78 is 40.5. The van der Waals surface area contributed by atoms with Gasteiger partial charge in [-0.05, 0) is 44.0 Å². The van der Waals surface area contributed by atoms with Gasteiger partial charge in [-0.25, -0.2) is 12.8 Å². The molecule has 1 aromatic heterocycles. The summed E-state index contributed by atoms with van der Waals surface area (Å²) in [7, 11) is -3.77. The van der Waals surface area contributed by atoms with Crippen molar-refractivity contribution in [3.8, 4) is 0 Å². The Bertz CT molecular complexity index is 823. The lowest BCUT2D eigenvalue weighted by atomic mass is 10.0. The van der Waals surface area contributed by atoms with Crippen LogP contribution < -0.4 is 0 Å². The Morgan fingerprint density at radius 1 is 1.35 bits per heavy atom. The zero-order chi connectivity index (χ0) is 16.6. The zero-order valence-electron chi connectivity index (χ0n) is 12.8. The molecule has 2 heterocycles. The Morgan fingerprint density at radius 2 is 2.13 bits per heavy atom. The number of nitrogens with zero attached hydrogens (tertiary/aromatic N) is 2. The molecule has 0 radical (unpaired) electrons. The number of aliphatic hydroxyl groups excluding tert-OH is 1. The fourth-order valence-corrected chi connectivity index (χ4v) is 4.81. The van der Waals surface area contributed by atoms with Crippen molar-refractivity contribution < 1.29 is 17.9 Å². The lowest BCUT2D eigenvalue weighted by Crippen LogP contribution is -2.48. The van der Waals surface area contributed by atoms with Crippen molar-refractivity contribution in [3.63, 3.8) is 0 Å². The number of sulfonamides is 1. The predicted octanol–water partition coefficient (Wildman–Crippen LogP) is 2.30. The largest absolute Gasteiger partial charge is 0.392 e. The van der Waals surface area contributed by atoms with Crippen molar-refractivity contribution >= 4 is 20.9 Å². The predicted molar refractivity (Wildman–Crippen MR) is 84.9 cm³/mol. The minimum atomic E-state index is -3.77. The maximum absolute atomic E-state index is 13.4. The highest BCUT2D eigenvalue weighted by atomic mass is 32.2. The van der Waals surface area contributed by atoms with Gasteiger partial charge in [-0.3, -0.25) is 4.98 Å². The topological polar surface area (TPSA) is 70.5 Å². The van der Waals surface area contributed by atoms with Gasteiger partial charge < -0.3 is 5.11 Å². The number of benzene rings is 1. The number of piperidine rings is 1. The molecule has 1 fully saturated rings. The first-order chi connectivity index (χ1) is 10.9. The summed E-state index contributed by atoms with van der Waals surface area (Å²) in [5.41, 5.74) is 0.538. The molecule has 2 atom stereocenters. The molecule has 5 nitrogen and oxygen atoms in total. The molecule has 23 heavy (non-hydrogen) atoms. The smallest absolute Gasteiger partial charge is 0.244 e. The molecule has 0 unspecified atom stereocenters. The molecule has 2 aromatic rings. The quantitative estimate of drug-likeness (QED) is 0.932. The van der Waals surface area contributed by atoms with Gasteiger partial charge in [0.15, 0.2) is 0 Å². The van der Waals surface area contributed by atoms with Crippen LogP contribution in [0, 0.1) is 5.82 Å². The standard InChI is InChI=1S/C16H19FN2O3S/c1-11(20)16-4-2-3-7-19(16)23(21,22)14-9-12-8-13(17)5-6-15(12)18-10-14/h5-6,8-11,16,20H,2-4,7H2,1H3/t11-,16+/m0/s1. The van der Waals surface area contributed by atoms with Crippen molar-refractivity contribution in [2.75, 3.05) is 6.54 Å². The highest BCUT2D eigenvalue weighted by molar-refractivity contribution is 7.89. The Balaban J connectivity index is 2.04. The third-order valence-electron chi connectivity index (χ3n) is 4.28. The second kappa shape index (κ2) is 6.14. The maximum atomic E-state index is 13.4. The molecule has 1 aliphatic rings. The molecule has 1 saturated heterocycles. The fraction of sp³-hybridized carbons (Fsp3) is 0.438. The highest BCUT2D eigenvalue weighted by Crippen LogP contribution is 2.28. The van der Waals surface area contributed by atoms with Crippen LogP contribution in [0.5, 0.6) is 0 Å². The van der Waals surface area contributed by atoms with Crippen LogP contribution in [0.2, 0.25) is 0 Å². The van der Waals surface area contributed by atoms with Gasteiger partial charge in [-0.2, -0.15) is 4.31 Å². The van der Waals surface area contributed by atoms with Crippen molar-refractivity contribution in [1.82, 2.24) is 9.29 Å². The molecule has 0 bridgehead atoms. The zero-order valence-corrected chi connectivity index (χ0v) is 13.6. The van der Waals surface area contributed by atoms with Crippen molar-refractivity contribution in [2.24, 2.45) is 0 Å². The van der Waals surface area contributed by atoms with Gasteiger partial charge >= 0.3 is 0 Å². The molecule has 1 N–H and O–H groups in total. The Kier molecular flexibility index (Phi) is 4.35. The minimum absolute atomic E-state index is 0.0307. The molecular weight excluding hydrogens is 319 g/mol. The first-order valence-corrected chi connectivity index (χ1v) is 9.09. The van der Waals surface area contributed by atoms with E-state index in [1.165, 1.54) is 34.8 Å². The molecule has 0 aliphatic carbocycles. The number of aliphatic hydroxyl groups is 1. The molecule has 1 aliphatic heterocycles. The summed E-state index contributed by atoms with van der Waals surface area (Å²) in [6, 6.07) is 5.08. The molecule has 124 valence electrons. The van der Waals surface area contributed by atoms with E-state index in [4.69, 9.17) is 0 Å². The van der Waals surface area contributed by atoms with Crippen molar-refractivity contribution in [2.45, 2.75) is 43.2 Å². The van der Waals surface area contributed by atoms with E-state index in [9.17, 15) is 17.9 Å². The summed E-state index contributed by atoms with van der Waals surface area (Å²) >= 11 is 0. The fourth-order valence-electron chi connectivity index (χ4n) is 3.07. The van der Waals surface area contributed by atoms with Crippen LogP contribution >= 0.6 is 0 Å². The van der Waals surface area contributed by atoms with Crippen LogP contribution in [0.25, 0.3) is 10.9 Å². The average molecular weight is 338 g/mol. The first-order valence-electron chi connectivity index (χ1n) is 7.65. The van der Waals surface area contributed by atoms with Crippen LogP contribution in [-0.4, -0.2) is 41.5 Å². The van der Waals surface area contributed by atoms with E-state index in [-0.39, 0.29) is 4.90 Å². The lowest BCUT2D eigenvalue weighted by Gasteiger charge is -2.36. The Hall–Kier alpha value is -1.57. The number of pyridine rings is 1. The summed E-state index contributed by atoms with van der Waals surface area (Å²) in [6.45, 7) is 1.98. The number of fused-ring (bicyclic) bond motifs is 1. The molecule has 3 rings (SSSR count). The summed E-state index contributed by atoms with van der Waals surface area (Å²) in [6.07, 6.45) is 2.84. The van der Waals surface area contributed by atoms with Gasteiger partial charge in [-0.15, -0.1) is 0 Å². The highest BCUT2D eigenvalue weighted by Gasteiger charge is 2.36. The second-order valence-corrected chi connectivity index (χ2v) is 7.82. The van der Waals surface area contributed by atoms with Gasteiger partial charge in [-0.1, -0.05) is 6.42 Å². The van der Waals surface area contributed by atoms with E-state index in [0.717, 1.165) is 12.8 Å². The molecular formula is C16H19FN2O3S. The maximum Gasteiger partial charge on any atom is 0.244 e. The van der Waals surface area contributed by atoms with Gasteiger partial charge in [0.25, 0.3) is 0 Å². The van der Waals surface area contributed by atoms with E-state index < -0.39 is 28.0 Å². The normalized spacial score (nSPS) is 21.4. The van der Waals surface area contributed by atoms with E-state index >= 15 is 0 Å². The summed E-state index contributed by atoms with van der Waals surface area (Å²) in [5.74, 6) is -0.436. The third-order valence-corrected chi connectivity index (χ3v) is 6.17. The van der Waals surface area contributed by atoms with Gasteiger partial charge in [0.2, 0.25) is 10.0 Å². The van der Waals surface area contributed by atoms with E-state index in [2.05, 4.69) is 4.98 Å². The lowest BCUT2D eigenvalue weighted by molar-refractivity contribution is 0.0831. The van der Waals surface area contributed by atoms with E-state index in [1.54, 1.807) is 6.92 Å². The first kappa shape index (κ1) is 16.3. The molecule has 0 saturated carbocycles. The van der Waals surface area contributed by atoms with Crippen molar-refractivity contribution in [1.29, 1.82) is 0 Å². The number of hydrogen-bond donors (Lipinski definition) is 1. The molecule has 0 amide bonds. The SMILES string of the molecule is C[C@H](O)[C@H]1CCCCN1S(=O)(=O)c1cnc2ccc(F)cc2c1. The molecule has 1 aromatic carbocycles.